The zero-order valence-corrected chi connectivity index (χ0v) is 9.43. The lowest BCUT2D eigenvalue weighted by molar-refractivity contribution is 0.171. The van der Waals surface area contributed by atoms with Crippen LogP contribution in [0.5, 0.6) is 11.5 Å². The molecule has 2 nitrogen and oxygen atoms in total. The van der Waals surface area contributed by atoms with E-state index >= 15 is 0 Å². The number of hydrogen-bond acceptors (Lipinski definition) is 3. The van der Waals surface area contributed by atoms with Gasteiger partial charge in [0.25, 0.3) is 0 Å². The minimum atomic E-state index is 0.365. The van der Waals surface area contributed by atoms with Crippen molar-refractivity contribution in [3.63, 3.8) is 0 Å². The number of benzene rings is 1. The Balaban J connectivity index is 2.08. The summed E-state index contributed by atoms with van der Waals surface area (Å²) in [6.07, 6.45) is 3.53. The minimum absolute atomic E-state index is 0.365. The lowest BCUT2D eigenvalue weighted by atomic mass is 9.90. The van der Waals surface area contributed by atoms with E-state index in [1.807, 2.05) is 0 Å². The van der Waals surface area contributed by atoms with Gasteiger partial charge in [-0.15, -0.1) is 0 Å². The maximum Gasteiger partial charge on any atom is 0.161 e. The Labute approximate surface area is 95.0 Å². The summed E-state index contributed by atoms with van der Waals surface area (Å²) in [6.45, 7) is 1.32. The van der Waals surface area contributed by atoms with E-state index in [1.165, 1.54) is 17.5 Å². The van der Waals surface area contributed by atoms with Gasteiger partial charge in [-0.2, -0.15) is 12.6 Å². The molecule has 1 unspecified atom stereocenters. The summed E-state index contributed by atoms with van der Waals surface area (Å²) in [7, 11) is 0. The van der Waals surface area contributed by atoms with Crippen molar-refractivity contribution in [1.29, 1.82) is 0 Å². The smallest absolute Gasteiger partial charge is 0.161 e. The van der Waals surface area contributed by atoms with Crippen LogP contribution in [-0.2, 0) is 6.42 Å². The molecule has 0 bridgehead atoms. The van der Waals surface area contributed by atoms with Crippen LogP contribution >= 0.6 is 12.6 Å². The Bertz CT molecular complexity index is 389. The quantitative estimate of drug-likeness (QED) is 0.680. The fourth-order valence-corrected chi connectivity index (χ4v) is 2.74. The second-order valence-corrected chi connectivity index (χ2v) is 4.73. The van der Waals surface area contributed by atoms with Crippen LogP contribution in [-0.4, -0.2) is 13.2 Å². The van der Waals surface area contributed by atoms with Crippen molar-refractivity contribution >= 4 is 12.6 Å². The van der Waals surface area contributed by atoms with Crippen LogP contribution < -0.4 is 9.47 Å². The van der Waals surface area contributed by atoms with E-state index in [1.54, 1.807) is 0 Å². The minimum Gasteiger partial charge on any atom is -0.486 e. The van der Waals surface area contributed by atoms with Gasteiger partial charge in [0.05, 0.1) is 0 Å². The fraction of sp³-hybridized carbons (Fsp3) is 0.500. The van der Waals surface area contributed by atoms with Gasteiger partial charge in [-0.25, -0.2) is 0 Å². The van der Waals surface area contributed by atoms with Crippen LogP contribution in [0, 0.1) is 0 Å². The normalized spacial score (nSPS) is 23.4. The molecule has 1 heterocycles. The molecule has 1 aromatic carbocycles. The van der Waals surface area contributed by atoms with Crippen molar-refractivity contribution in [2.45, 2.75) is 24.5 Å². The highest BCUT2D eigenvalue weighted by Crippen LogP contribution is 2.41. The van der Waals surface area contributed by atoms with E-state index in [9.17, 15) is 0 Å². The molecule has 3 rings (SSSR count). The standard InChI is InChI=1S/C12H14O2S/c15-12-3-1-2-8-6-10-11(7-9(8)12)14-5-4-13-10/h6-7,12,15H,1-5H2. The Hall–Kier alpha value is -0.830. The van der Waals surface area contributed by atoms with Crippen molar-refractivity contribution in [1.82, 2.24) is 0 Å². The van der Waals surface area contributed by atoms with Crippen molar-refractivity contribution in [3.8, 4) is 11.5 Å². The molecule has 80 valence electrons. The molecule has 2 aliphatic rings. The summed E-state index contributed by atoms with van der Waals surface area (Å²) >= 11 is 4.61. The highest BCUT2D eigenvalue weighted by atomic mass is 32.1. The Kier molecular flexibility index (Phi) is 2.28. The maximum absolute atomic E-state index is 5.58. The Morgan fingerprint density at radius 3 is 2.67 bits per heavy atom. The largest absolute Gasteiger partial charge is 0.486 e. The maximum atomic E-state index is 5.58. The molecule has 0 saturated carbocycles. The van der Waals surface area contributed by atoms with Crippen LogP contribution in [0.2, 0.25) is 0 Å². The number of aryl methyl sites for hydroxylation is 1. The van der Waals surface area contributed by atoms with E-state index in [0.717, 1.165) is 24.3 Å². The van der Waals surface area contributed by atoms with Gasteiger partial charge >= 0.3 is 0 Å². The Morgan fingerprint density at radius 1 is 1.13 bits per heavy atom. The first kappa shape index (κ1) is 9.40. The van der Waals surface area contributed by atoms with E-state index in [4.69, 9.17) is 9.47 Å². The van der Waals surface area contributed by atoms with E-state index < -0.39 is 0 Å². The average Bonchev–Trinajstić information content (AvgIpc) is 2.27. The summed E-state index contributed by atoms with van der Waals surface area (Å²) in [4.78, 5) is 0. The number of ether oxygens (including phenoxy) is 2. The summed E-state index contributed by atoms with van der Waals surface area (Å²) in [5.74, 6) is 1.79. The molecule has 0 fully saturated rings. The predicted molar refractivity (Wildman–Crippen MR) is 62.1 cm³/mol. The number of fused-ring (bicyclic) bond motifs is 2. The van der Waals surface area contributed by atoms with Crippen molar-refractivity contribution < 1.29 is 9.47 Å². The predicted octanol–water partition coefficient (Wildman–Crippen LogP) is 2.77. The van der Waals surface area contributed by atoms with Gasteiger partial charge in [-0.05, 0) is 42.5 Å². The highest BCUT2D eigenvalue weighted by Gasteiger charge is 2.22. The molecule has 0 spiro atoms. The monoisotopic (exact) mass is 222 g/mol. The number of hydrogen-bond donors (Lipinski definition) is 1. The second-order valence-electron chi connectivity index (χ2n) is 4.10. The third-order valence-corrected chi connectivity index (χ3v) is 3.62. The van der Waals surface area contributed by atoms with Gasteiger partial charge < -0.3 is 9.47 Å². The lowest BCUT2D eigenvalue weighted by Gasteiger charge is -2.26. The summed E-state index contributed by atoms with van der Waals surface area (Å²) in [5, 5.41) is 0.365. The molecular weight excluding hydrogens is 208 g/mol. The lowest BCUT2D eigenvalue weighted by Crippen LogP contribution is -2.17. The van der Waals surface area contributed by atoms with Crippen LogP contribution in [0.4, 0.5) is 0 Å². The van der Waals surface area contributed by atoms with Crippen LogP contribution in [0.1, 0.15) is 29.2 Å². The second kappa shape index (κ2) is 3.63. The third-order valence-electron chi connectivity index (χ3n) is 3.09. The van der Waals surface area contributed by atoms with E-state index in [2.05, 4.69) is 24.8 Å². The fourth-order valence-electron chi connectivity index (χ4n) is 2.31. The van der Waals surface area contributed by atoms with Gasteiger partial charge in [0, 0.05) is 5.25 Å². The molecule has 3 heteroatoms. The summed E-state index contributed by atoms with van der Waals surface area (Å²) in [5.41, 5.74) is 2.71. The molecule has 1 atom stereocenters. The zero-order chi connectivity index (χ0) is 10.3. The van der Waals surface area contributed by atoms with Gasteiger partial charge in [0.15, 0.2) is 11.5 Å². The molecule has 1 aliphatic carbocycles. The average molecular weight is 222 g/mol. The molecule has 15 heavy (non-hydrogen) atoms. The molecule has 0 amide bonds. The molecular formula is C12H14O2S. The van der Waals surface area contributed by atoms with E-state index in [0.29, 0.717) is 18.5 Å². The molecule has 0 radical (unpaired) electrons. The van der Waals surface area contributed by atoms with E-state index in [-0.39, 0.29) is 0 Å². The van der Waals surface area contributed by atoms with Crippen LogP contribution in [0.25, 0.3) is 0 Å². The van der Waals surface area contributed by atoms with Crippen LogP contribution in [0.15, 0.2) is 12.1 Å². The molecule has 0 aromatic heterocycles. The van der Waals surface area contributed by atoms with Gasteiger partial charge in [0.1, 0.15) is 13.2 Å². The van der Waals surface area contributed by atoms with Gasteiger partial charge in [0.2, 0.25) is 0 Å². The SMILES string of the molecule is SC1CCCc2cc3c(cc21)OCCO3. The first-order valence-electron chi connectivity index (χ1n) is 5.45. The van der Waals surface area contributed by atoms with Crippen LogP contribution in [0.3, 0.4) is 0 Å². The van der Waals surface area contributed by atoms with Gasteiger partial charge in [-0.1, -0.05) is 0 Å². The van der Waals surface area contributed by atoms with Crippen molar-refractivity contribution in [2.24, 2.45) is 0 Å². The zero-order valence-electron chi connectivity index (χ0n) is 8.53. The third kappa shape index (κ3) is 1.59. The van der Waals surface area contributed by atoms with Crippen molar-refractivity contribution in [2.75, 3.05) is 13.2 Å². The molecule has 1 aromatic rings. The Morgan fingerprint density at radius 2 is 1.87 bits per heavy atom. The topological polar surface area (TPSA) is 18.5 Å². The summed E-state index contributed by atoms with van der Waals surface area (Å²) in [6, 6.07) is 4.24. The number of thiol groups is 1. The highest BCUT2D eigenvalue weighted by molar-refractivity contribution is 7.80. The summed E-state index contributed by atoms with van der Waals surface area (Å²) < 4.78 is 11.2. The van der Waals surface area contributed by atoms with Gasteiger partial charge in [-0.3, -0.25) is 0 Å². The number of rotatable bonds is 0. The molecule has 0 N–H and O–H groups in total. The first-order chi connectivity index (χ1) is 7.34. The first-order valence-corrected chi connectivity index (χ1v) is 5.97. The van der Waals surface area contributed by atoms with Crippen molar-refractivity contribution in [3.05, 3.63) is 23.3 Å². The molecule has 0 saturated heterocycles. The molecule has 1 aliphatic heterocycles.